The molecule has 114 valence electrons. The Kier molecular flexibility index (Phi) is 4.63. The third-order valence-corrected chi connectivity index (χ3v) is 3.61. The van der Waals surface area contributed by atoms with Gasteiger partial charge in [0.25, 0.3) is 0 Å². The number of imidazole rings is 1. The van der Waals surface area contributed by atoms with Crippen LogP contribution in [0.1, 0.15) is 26.3 Å². The zero-order valence-electron chi connectivity index (χ0n) is 12.7. The van der Waals surface area contributed by atoms with E-state index < -0.39 is 5.82 Å². The van der Waals surface area contributed by atoms with Crippen LogP contribution in [0.25, 0.3) is 0 Å². The molecule has 0 aliphatic heterocycles. The van der Waals surface area contributed by atoms with Gasteiger partial charge in [0, 0.05) is 37.1 Å². The zero-order valence-corrected chi connectivity index (χ0v) is 12.7. The number of phenolic OH excluding ortho intramolecular Hbond substituents is 1. The van der Waals surface area contributed by atoms with Gasteiger partial charge in [-0.2, -0.15) is 0 Å². The van der Waals surface area contributed by atoms with Gasteiger partial charge >= 0.3 is 0 Å². The summed E-state index contributed by atoms with van der Waals surface area (Å²) in [6, 6.07) is 4.75. The van der Waals surface area contributed by atoms with Gasteiger partial charge in [-0.25, -0.2) is 9.37 Å². The number of para-hydroxylation sites is 1. The molecular formula is C16H22FN3O. The van der Waals surface area contributed by atoms with Crippen LogP contribution in [-0.4, -0.2) is 20.7 Å². The fraction of sp³-hybridized carbons (Fsp3) is 0.438. The van der Waals surface area contributed by atoms with Crippen molar-refractivity contribution in [1.29, 1.82) is 0 Å². The molecule has 5 heteroatoms. The Bertz CT molecular complexity index is 576. The predicted octanol–water partition coefficient (Wildman–Crippen LogP) is 2.93. The Morgan fingerprint density at radius 1 is 1.38 bits per heavy atom. The van der Waals surface area contributed by atoms with Gasteiger partial charge in [0.15, 0.2) is 11.6 Å². The van der Waals surface area contributed by atoms with E-state index in [4.69, 9.17) is 0 Å². The third-order valence-electron chi connectivity index (χ3n) is 3.61. The first-order valence-corrected chi connectivity index (χ1v) is 7.03. The predicted molar refractivity (Wildman–Crippen MR) is 80.4 cm³/mol. The lowest BCUT2D eigenvalue weighted by Gasteiger charge is -2.32. The van der Waals surface area contributed by atoms with E-state index >= 15 is 0 Å². The van der Waals surface area contributed by atoms with Crippen LogP contribution in [0.2, 0.25) is 0 Å². The molecule has 0 aliphatic carbocycles. The van der Waals surface area contributed by atoms with Gasteiger partial charge in [0.05, 0.1) is 6.33 Å². The maximum atomic E-state index is 13.4. The summed E-state index contributed by atoms with van der Waals surface area (Å²) in [5.41, 5.74) is 0.586. The summed E-state index contributed by atoms with van der Waals surface area (Å²) in [5.74, 6) is -0.864. The van der Waals surface area contributed by atoms with Crippen molar-refractivity contribution in [1.82, 2.24) is 14.9 Å². The highest BCUT2D eigenvalue weighted by Gasteiger charge is 2.24. The molecule has 1 unspecified atom stereocenters. The maximum Gasteiger partial charge on any atom is 0.165 e. The monoisotopic (exact) mass is 291 g/mol. The van der Waals surface area contributed by atoms with Crippen molar-refractivity contribution in [2.24, 2.45) is 5.41 Å². The molecule has 2 rings (SSSR count). The molecule has 1 aromatic heterocycles. The number of benzene rings is 1. The Balaban J connectivity index is 2.07. The van der Waals surface area contributed by atoms with Gasteiger partial charge in [-0.15, -0.1) is 0 Å². The SMILES string of the molecule is CC(C)(C)C(Cn1ccnc1)NCc1cccc(F)c1O. The summed E-state index contributed by atoms with van der Waals surface area (Å²) in [6.45, 7) is 7.62. The van der Waals surface area contributed by atoms with E-state index in [2.05, 4.69) is 31.1 Å². The average molecular weight is 291 g/mol. The summed E-state index contributed by atoms with van der Waals surface area (Å²) in [5, 5.41) is 13.1. The van der Waals surface area contributed by atoms with Crippen molar-refractivity contribution < 1.29 is 9.50 Å². The molecule has 0 spiro atoms. The molecule has 1 atom stereocenters. The minimum absolute atomic E-state index is 0.0210. The van der Waals surface area contributed by atoms with Gasteiger partial charge < -0.3 is 15.0 Å². The lowest BCUT2D eigenvalue weighted by atomic mass is 9.86. The lowest BCUT2D eigenvalue weighted by molar-refractivity contribution is 0.239. The molecule has 0 bridgehead atoms. The average Bonchev–Trinajstić information content (AvgIpc) is 2.90. The first-order valence-electron chi connectivity index (χ1n) is 7.03. The molecule has 0 amide bonds. The smallest absolute Gasteiger partial charge is 0.165 e. The number of aromatic hydroxyl groups is 1. The van der Waals surface area contributed by atoms with E-state index in [1.165, 1.54) is 6.07 Å². The molecule has 0 aliphatic rings. The van der Waals surface area contributed by atoms with Crippen LogP contribution < -0.4 is 5.32 Å². The second kappa shape index (κ2) is 6.26. The summed E-state index contributed by atoms with van der Waals surface area (Å²) in [7, 11) is 0. The van der Waals surface area contributed by atoms with Crippen molar-refractivity contribution in [3.8, 4) is 5.75 Å². The molecule has 1 aromatic carbocycles. The number of rotatable bonds is 5. The number of nitrogens with one attached hydrogen (secondary N) is 1. The highest BCUT2D eigenvalue weighted by molar-refractivity contribution is 5.33. The van der Waals surface area contributed by atoms with Gasteiger partial charge in [-0.3, -0.25) is 0 Å². The Morgan fingerprint density at radius 3 is 2.76 bits per heavy atom. The summed E-state index contributed by atoms with van der Waals surface area (Å²) < 4.78 is 15.4. The fourth-order valence-corrected chi connectivity index (χ4v) is 2.19. The number of nitrogens with zero attached hydrogens (tertiary/aromatic N) is 2. The van der Waals surface area contributed by atoms with Gasteiger partial charge in [0.2, 0.25) is 0 Å². The molecular weight excluding hydrogens is 269 g/mol. The number of aromatic nitrogens is 2. The summed E-state index contributed by atoms with van der Waals surface area (Å²) in [4.78, 5) is 4.05. The molecule has 0 radical (unpaired) electrons. The minimum Gasteiger partial charge on any atom is -0.505 e. The number of hydrogen-bond acceptors (Lipinski definition) is 3. The van der Waals surface area contributed by atoms with E-state index in [0.29, 0.717) is 12.1 Å². The van der Waals surface area contributed by atoms with Gasteiger partial charge in [-0.1, -0.05) is 32.9 Å². The van der Waals surface area contributed by atoms with Crippen molar-refractivity contribution in [2.75, 3.05) is 0 Å². The van der Waals surface area contributed by atoms with Crippen molar-refractivity contribution >= 4 is 0 Å². The fourth-order valence-electron chi connectivity index (χ4n) is 2.19. The van der Waals surface area contributed by atoms with E-state index in [-0.39, 0.29) is 17.2 Å². The Hall–Kier alpha value is -1.88. The van der Waals surface area contributed by atoms with Crippen LogP contribution in [0.15, 0.2) is 36.9 Å². The third kappa shape index (κ3) is 4.04. The van der Waals surface area contributed by atoms with E-state index in [9.17, 15) is 9.50 Å². The number of halogens is 1. The number of hydrogen-bond donors (Lipinski definition) is 2. The normalized spacial score (nSPS) is 13.3. The molecule has 4 nitrogen and oxygen atoms in total. The lowest BCUT2D eigenvalue weighted by Crippen LogP contribution is -2.43. The van der Waals surface area contributed by atoms with Crippen molar-refractivity contribution in [2.45, 2.75) is 39.9 Å². The van der Waals surface area contributed by atoms with Crippen LogP contribution in [0.4, 0.5) is 4.39 Å². The second-order valence-electron chi connectivity index (χ2n) is 6.31. The van der Waals surface area contributed by atoms with Crippen molar-refractivity contribution in [3.63, 3.8) is 0 Å². The van der Waals surface area contributed by atoms with Crippen LogP contribution in [0, 0.1) is 11.2 Å². The van der Waals surface area contributed by atoms with Crippen molar-refractivity contribution in [3.05, 3.63) is 48.3 Å². The zero-order chi connectivity index (χ0) is 15.5. The van der Waals surface area contributed by atoms with Crippen LogP contribution in [-0.2, 0) is 13.1 Å². The molecule has 2 N–H and O–H groups in total. The standard InChI is InChI=1S/C16H22FN3O/c1-16(2,3)14(10-20-8-7-18-11-20)19-9-12-5-4-6-13(17)15(12)21/h4-8,11,14,19,21H,9-10H2,1-3H3. The molecule has 2 aromatic rings. The second-order valence-corrected chi connectivity index (χ2v) is 6.31. The molecule has 1 heterocycles. The quantitative estimate of drug-likeness (QED) is 0.890. The molecule has 0 saturated carbocycles. The largest absolute Gasteiger partial charge is 0.505 e. The van der Waals surface area contributed by atoms with E-state index in [1.54, 1.807) is 24.7 Å². The van der Waals surface area contributed by atoms with E-state index in [0.717, 1.165) is 6.54 Å². The minimum atomic E-state index is -0.587. The van der Waals surface area contributed by atoms with Gasteiger partial charge in [-0.05, 0) is 11.5 Å². The summed E-state index contributed by atoms with van der Waals surface area (Å²) in [6.07, 6.45) is 5.44. The molecule has 0 fully saturated rings. The topological polar surface area (TPSA) is 50.1 Å². The Morgan fingerprint density at radius 2 is 2.14 bits per heavy atom. The van der Waals surface area contributed by atoms with Crippen LogP contribution in [0.3, 0.4) is 0 Å². The van der Waals surface area contributed by atoms with Crippen LogP contribution >= 0.6 is 0 Å². The number of phenols is 1. The summed E-state index contributed by atoms with van der Waals surface area (Å²) >= 11 is 0. The molecule has 0 saturated heterocycles. The molecule has 21 heavy (non-hydrogen) atoms. The Labute approximate surface area is 124 Å². The first-order chi connectivity index (χ1) is 9.88. The van der Waals surface area contributed by atoms with Crippen LogP contribution in [0.5, 0.6) is 5.75 Å². The highest BCUT2D eigenvalue weighted by Crippen LogP contribution is 2.24. The highest BCUT2D eigenvalue weighted by atomic mass is 19.1. The van der Waals surface area contributed by atoms with Gasteiger partial charge in [0.1, 0.15) is 0 Å². The maximum absolute atomic E-state index is 13.4. The first kappa shape index (κ1) is 15.5. The van der Waals surface area contributed by atoms with E-state index in [1.807, 2.05) is 10.8 Å².